The fourth-order valence-corrected chi connectivity index (χ4v) is 5.43. The van der Waals surface area contributed by atoms with E-state index >= 15 is 0 Å². The van der Waals surface area contributed by atoms with Crippen LogP contribution in [0.1, 0.15) is 22.3 Å². The zero-order valence-electron chi connectivity index (χ0n) is 19.5. The summed E-state index contributed by atoms with van der Waals surface area (Å²) >= 11 is 1.74. The van der Waals surface area contributed by atoms with Crippen molar-refractivity contribution in [2.75, 3.05) is 6.26 Å². The smallest absolute Gasteiger partial charge is 0.302 e. The fraction of sp³-hybridized carbons (Fsp3) is 0.154. The number of thioether (sulfide) groups is 1. The largest absolute Gasteiger partial charge is 0.417 e. The van der Waals surface area contributed by atoms with Gasteiger partial charge in [-0.3, -0.25) is 4.79 Å². The highest BCUT2D eigenvalue weighted by Gasteiger charge is 2.37. The summed E-state index contributed by atoms with van der Waals surface area (Å²) in [6.07, 6.45) is -8.25. The van der Waals surface area contributed by atoms with Crippen LogP contribution in [-0.4, -0.2) is 10.8 Å². The van der Waals surface area contributed by atoms with Crippen molar-refractivity contribution in [3.63, 3.8) is 0 Å². The van der Waals surface area contributed by atoms with Gasteiger partial charge in [0, 0.05) is 16.5 Å². The van der Waals surface area contributed by atoms with E-state index < -0.39 is 52.8 Å². The second kappa shape index (κ2) is 10.5. The summed E-state index contributed by atoms with van der Waals surface area (Å²) in [6.45, 7) is -0.638. The Hall–Kier alpha value is -3.63. The van der Waals surface area contributed by atoms with Gasteiger partial charge in [0.2, 0.25) is 0 Å². The lowest BCUT2D eigenvalue weighted by atomic mass is 10.0. The number of pyridine rings is 1. The summed E-state index contributed by atoms with van der Waals surface area (Å²) in [5.41, 5.74) is -5.19. The molecular formula is C26H14F8N2OS2. The first-order chi connectivity index (χ1) is 18.2. The Morgan fingerprint density at radius 1 is 0.923 bits per heavy atom. The fourth-order valence-electron chi connectivity index (χ4n) is 3.89. The van der Waals surface area contributed by atoms with E-state index in [0.29, 0.717) is 12.1 Å². The number of rotatable bonds is 5. The quantitative estimate of drug-likeness (QED) is 0.175. The van der Waals surface area contributed by atoms with Gasteiger partial charge in [-0.25, -0.2) is 8.78 Å². The van der Waals surface area contributed by atoms with Gasteiger partial charge in [0.1, 0.15) is 23.3 Å². The summed E-state index contributed by atoms with van der Waals surface area (Å²) in [4.78, 5) is 13.1. The van der Waals surface area contributed by atoms with E-state index in [9.17, 15) is 45.2 Å². The van der Waals surface area contributed by atoms with Crippen molar-refractivity contribution in [2.45, 2.75) is 23.8 Å². The maximum absolute atomic E-state index is 14.4. The van der Waals surface area contributed by atoms with Gasteiger partial charge in [-0.05, 0) is 53.1 Å². The number of thiophene rings is 1. The molecule has 0 spiro atoms. The number of nitrogens with zero attached hydrogens (tertiary/aromatic N) is 2. The summed E-state index contributed by atoms with van der Waals surface area (Å²) in [6, 6.07) is 9.18. The molecule has 4 aromatic rings. The van der Waals surface area contributed by atoms with Gasteiger partial charge in [-0.15, -0.1) is 23.1 Å². The highest BCUT2D eigenvalue weighted by atomic mass is 32.2. The monoisotopic (exact) mass is 586 g/mol. The maximum Gasteiger partial charge on any atom is 0.417 e. The van der Waals surface area contributed by atoms with E-state index in [1.54, 1.807) is 0 Å². The molecule has 0 aliphatic rings. The van der Waals surface area contributed by atoms with Crippen LogP contribution in [0.25, 0.3) is 21.7 Å². The molecule has 202 valence electrons. The lowest BCUT2D eigenvalue weighted by Crippen LogP contribution is -2.28. The molecule has 0 aliphatic carbocycles. The van der Waals surface area contributed by atoms with Gasteiger partial charge >= 0.3 is 12.4 Å². The molecule has 0 aliphatic heterocycles. The Kier molecular flexibility index (Phi) is 7.64. The normalized spacial score (nSPS) is 12.0. The third-order valence-corrected chi connectivity index (χ3v) is 7.50. The van der Waals surface area contributed by atoms with Gasteiger partial charge in [0.25, 0.3) is 5.56 Å². The molecule has 3 nitrogen and oxygen atoms in total. The van der Waals surface area contributed by atoms with Crippen molar-refractivity contribution in [1.29, 1.82) is 5.26 Å². The second-order valence-electron chi connectivity index (χ2n) is 8.17. The van der Waals surface area contributed by atoms with Gasteiger partial charge in [0.05, 0.1) is 28.2 Å². The summed E-state index contributed by atoms with van der Waals surface area (Å²) in [5, 5.41) is 10.7. The zero-order chi connectivity index (χ0) is 28.7. The lowest BCUT2D eigenvalue weighted by Gasteiger charge is -2.17. The first kappa shape index (κ1) is 28.4. The van der Waals surface area contributed by atoms with Crippen LogP contribution in [-0.2, 0) is 18.9 Å². The zero-order valence-corrected chi connectivity index (χ0v) is 21.2. The Labute approximate surface area is 223 Å². The molecule has 0 saturated carbocycles. The molecule has 0 unspecified atom stereocenters. The molecule has 0 bridgehead atoms. The molecule has 13 heteroatoms. The minimum absolute atomic E-state index is 0.0150. The van der Waals surface area contributed by atoms with Crippen LogP contribution in [0, 0.1) is 23.0 Å². The van der Waals surface area contributed by atoms with Crippen LogP contribution >= 0.6 is 23.1 Å². The van der Waals surface area contributed by atoms with E-state index in [-0.39, 0.29) is 32.2 Å². The van der Waals surface area contributed by atoms with Crippen molar-refractivity contribution < 1.29 is 35.1 Å². The number of alkyl halides is 6. The van der Waals surface area contributed by atoms with Crippen molar-refractivity contribution in [2.24, 2.45) is 0 Å². The molecule has 2 aromatic carbocycles. The van der Waals surface area contributed by atoms with Crippen LogP contribution in [0.4, 0.5) is 35.1 Å². The Bertz CT molecular complexity index is 1660. The molecule has 2 heterocycles. The first-order valence-electron chi connectivity index (χ1n) is 10.8. The van der Waals surface area contributed by atoms with Crippen LogP contribution in [0.3, 0.4) is 0 Å². The molecule has 4 rings (SSSR count). The van der Waals surface area contributed by atoms with E-state index in [0.717, 1.165) is 45.9 Å². The number of halogens is 8. The molecule has 0 atom stereocenters. The maximum atomic E-state index is 14.4. The van der Waals surface area contributed by atoms with Crippen molar-refractivity contribution in [3.8, 4) is 27.8 Å². The summed E-state index contributed by atoms with van der Waals surface area (Å²) in [5.74, 6) is -1.98. The average Bonchev–Trinajstić information content (AvgIpc) is 3.35. The topological polar surface area (TPSA) is 45.8 Å². The van der Waals surface area contributed by atoms with E-state index in [2.05, 4.69) is 0 Å². The predicted octanol–water partition coefficient (Wildman–Crippen LogP) is 8.20. The average molecular weight is 587 g/mol. The minimum Gasteiger partial charge on any atom is -0.302 e. The van der Waals surface area contributed by atoms with Crippen LogP contribution in [0.5, 0.6) is 0 Å². The first-order valence-corrected chi connectivity index (χ1v) is 12.9. The number of aromatic nitrogens is 1. The SMILES string of the molecule is CSc1ccc(-c2csc(-c3cc(C(F)(F)F)c(C#N)c(=O)n3Cc3ccc(F)cc3F)c2)cc1C(F)(F)F. The molecular weight excluding hydrogens is 572 g/mol. The number of hydrogen-bond acceptors (Lipinski definition) is 4. The number of nitriles is 1. The van der Waals surface area contributed by atoms with Crippen LogP contribution in [0.15, 0.2) is 63.6 Å². The lowest BCUT2D eigenvalue weighted by molar-refractivity contribution is -0.140. The molecule has 39 heavy (non-hydrogen) atoms. The summed E-state index contributed by atoms with van der Waals surface area (Å²) in [7, 11) is 0. The van der Waals surface area contributed by atoms with Gasteiger partial charge in [-0.1, -0.05) is 12.1 Å². The van der Waals surface area contributed by atoms with E-state index in [4.69, 9.17) is 0 Å². The van der Waals surface area contributed by atoms with Gasteiger partial charge in [0.15, 0.2) is 0 Å². The predicted molar refractivity (Wildman–Crippen MR) is 131 cm³/mol. The molecule has 2 aromatic heterocycles. The third-order valence-electron chi connectivity index (χ3n) is 5.75. The molecule has 0 N–H and O–H groups in total. The number of hydrogen-bond donors (Lipinski definition) is 0. The summed E-state index contributed by atoms with van der Waals surface area (Å²) < 4.78 is 110. The molecule has 0 amide bonds. The minimum atomic E-state index is -5.09. The highest BCUT2D eigenvalue weighted by molar-refractivity contribution is 7.98. The second-order valence-corrected chi connectivity index (χ2v) is 9.93. The number of benzene rings is 2. The molecule has 0 fully saturated rings. The Morgan fingerprint density at radius 3 is 2.21 bits per heavy atom. The third kappa shape index (κ3) is 5.72. The van der Waals surface area contributed by atoms with Gasteiger partial charge in [-0.2, -0.15) is 31.6 Å². The van der Waals surface area contributed by atoms with E-state index in [1.165, 1.54) is 35.9 Å². The van der Waals surface area contributed by atoms with Gasteiger partial charge < -0.3 is 4.57 Å². The van der Waals surface area contributed by atoms with Crippen molar-refractivity contribution in [3.05, 3.63) is 98.2 Å². The standard InChI is InChI=1S/C26H14F8N2OS2/c1-38-22-5-3-13(6-19(22)26(32,33)34)15-7-23(39-12-15)21-9-18(25(29,30)31)17(10-35)24(37)36(21)11-14-2-4-16(27)8-20(14)28/h2-9,12H,11H2,1H3. The van der Waals surface area contributed by atoms with Crippen molar-refractivity contribution >= 4 is 23.1 Å². The van der Waals surface area contributed by atoms with Crippen molar-refractivity contribution in [1.82, 2.24) is 4.57 Å². The highest BCUT2D eigenvalue weighted by Crippen LogP contribution is 2.41. The molecule has 0 saturated heterocycles. The molecule has 0 radical (unpaired) electrons. The van der Waals surface area contributed by atoms with E-state index in [1.807, 2.05) is 0 Å². The van der Waals surface area contributed by atoms with Crippen LogP contribution < -0.4 is 5.56 Å². The Morgan fingerprint density at radius 2 is 1.62 bits per heavy atom. The van der Waals surface area contributed by atoms with Crippen LogP contribution in [0.2, 0.25) is 0 Å². The Balaban J connectivity index is 1.92.